The smallest absolute Gasteiger partial charge is 0.140 e. The Balaban J connectivity index is 2.15. The van der Waals surface area contributed by atoms with Crippen molar-refractivity contribution in [2.45, 2.75) is 20.5 Å². The van der Waals surface area contributed by atoms with E-state index < -0.39 is 0 Å². The van der Waals surface area contributed by atoms with Crippen LogP contribution in [0.1, 0.15) is 17.0 Å². The Bertz CT molecular complexity index is 520. The summed E-state index contributed by atoms with van der Waals surface area (Å²) in [5.41, 5.74) is 1.68. The van der Waals surface area contributed by atoms with Gasteiger partial charge in [-0.05, 0) is 41.9 Å². The molecule has 0 radical (unpaired) electrons. The van der Waals surface area contributed by atoms with E-state index in [0.717, 1.165) is 17.0 Å². The third kappa shape index (κ3) is 2.66. The van der Waals surface area contributed by atoms with E-state index in [1.165, 1.54) is 12.1 Å². The van der Waals surface area contributed by atoms with E-state index in [2.05, 4.69) is 21.1 Å². The van der Waals surface area contributed by atoms with Gasteiger partial charge in [0.1, 0.15) is 23.9 Å². The molecule has 1 heterocycles. The highest BCUT2D eigenvalue weighted by Crippen LogP contribution is 2.27. The van der Waals surface area contributed by atoms with Crippen LogP contribution in [-0.4, -0.2) is 5.16 Å². The van der Waals surface area contributed by atoms with Crippen molar-refractivity contribution in [2.75, 3.05) is 0 Å². The lowest BCUT2D eigenvalue weighted by atomic mass is 10.2. The first kappa shape index (κ1) is 12.1. The molecule has 0 spiro atoms. The molecule has 1 aromatic carbocycles. The number of ether oxygens (including phenoxy) is 1. The van der Waals surface area contributed by atoms with Crippen LogP contribution in [0.15, 0.2) is 27.2 Å². The Morgan fingerprint density at radius 1 is 1.41 bits per heavy atom. The lowest BCUT2D eigenvalue weighted by Gasteiger charge is -2.07. The van der Waals surface area contributed by atoms with E-state index in [9.17, 15) is 4.39 Å². The molecule has 0 saturated carbocycles. The number of benzene rings is 1. The quantitative estimate of drug-likeness (QED) is 0.865. The van der Waals surface area contributed by atoms with Gasteiger partial charge in [0.2, 0.25) is 0 Å². The SMILES string of the molecule is Cc1noc(C)c1COc1cc(F)ccc1Br. The maximum atomic E-state index is 13.0. The zero-order valence-corrected chi connectivity index (χ0v) is 11.0. The first-order valence-electron chi connectivity index (χ1n) is 5.07. The third-order valence-corrected chi connectivity index (χ3v) is 3.10. The van der Waals surface area contributed by atoms with Gasteiger partial charge in [-0.2, -0.15) is 0 Å². The fraction of sp³-hybridized carbons (Fsp3) is 0.250. The number of aromatic nitrogens is 1. The van der Waals surface area contributed by atoms with Crippen molar-refractivity contribution in [1.29, 1.82) is 0 Å². The summed E-state index contributed by atoms with van der Waals surface area (Å²) in [6.45, 7) is 3.97. The summed E-state index contributed by atoms with van der Waals surface area (Å²) in [6.07, 6.45) is 0. The predicted octanol–water partition coefficient (Wildman–Crippen LogP) is 3.77. The molecule has 0 aliphatic rings. The second-order valence-corrected chi connectivity index (χ2v) is 4.52. The van der Waals surface area contributed by atoms with Gasteiger partial charge in [0.25, 0.3) is 0 Å². The molecule has 1 aromatic heterocycles. The van der Waals surface area contributed by atoms with Crippen LogP contribution >= 0.6 is 15.9 Å². The van der Waals surface area contributed by atoms with Crippen LogP contribution in [0, 0.1) is 19.7 Å². The van der Waals surface area contributed by atoms with Crippen LogP contribution in [0.25, 0.3) is 0 Å². The zero-order chi connectivity index (χ0) is 12.4. The molecule has 17 heavy (non-hydrogen) atoms. The van der Waals surface area contributed by atoms with Gasteiger partial charge < -0.3 is 9.26 Å². The molecule has 0 atom stereocenters. The number of aryl methyl sites for hydroxylation is 2. The molecule has 2 rings (SSSR count). The van der Waals surface area contributed by atoms with Crippen LogP contribution in [0.2, 0.25) is 0 Å². The van der Waals surface area contributed by atoms with E-state index in [-0.39, 0.29) is 5.82 Å². The van der Waals surface area contributed by atoms with Gasteiger partial charge >= 0.3 is 0 Å². The number of hydrogen-bond donors (Lipinski definition) is 0. The molecule has 0 aliphatic carbocycles. The molecular weight excluding hydrogens is 289 g/mol. The van der Waals surface area contributed by atoms with Gasteiger partial charge in [-0.3, -0.25) is 0 Å². The predicted molar refractivity (Wildman–Crippen MR) is 64.4 cm³/mol. The van der Waals surface area contributed by atoms with Gasteiger partial charge in [0, 0.05) is 6.07 Å². The van der Waals surface area contributed by atoms with Crippen LogP contribution in [0.3, 0.4) is 0 Å². The molecule has 90 valence electrons. The molecule has 0 saturated heterocycles. The van der Waals surface area contributed by atoms with E-state index in [0.29, 0.717) is 16.8 Å². The first-order chi connectivity index (χ1) is 8.08. The summed E-state index contributed by atoms with van der Waals surface area (Å²) >= 11 is 3.30. The molecule has 0 aliphatic heterocycles. The Labute approximate surface area is 107 Å². The van der Waals surface area contributed by atoms with Crippen LogP contribution < -0.4 is 4.74 Å². The highest BCUT2D eigenvalue weighted by atomic mass is 79.9. The van der Waals surface area contributed by atoms with Crippen LogP contribution in [0.4, 0.5) is 4.39 Å². The number of hydrogen-bond acceptors (Lipinski definition) is 3. The second-order valence-electron chi connectivity index (χ2n) is 3.67. The van der Waals surface area contributed by atoms with Crippen molar-refractivity contribution in [1.82, 2.24) is 5.16 Å². The monoisotopic (exact) mass is 299 g/mol. The van der Waals surface area contributed by atoms with Gasteiger partial charge in [0.05, 0.1) is 15.7 Å². The van der Waals surface area contributed by atoms with E-state index >= 15 is 0 Å². The lowest BCUT2D eigenvalue weighted by Crippen LogP contribution is -1.98. The van der Waals surface area contributed by atoms with Crippen molar-refractivity contribution in [3.05, 3.63) is 45.5 Å². The van der Waals surface area contributed by atoms with Crippen LogP contribution in [0.5, 0.6) is 5.75 Å². The summed E-state index contributed by atoms with van der Waals surface area (Å²) < 4.78 is 24.3. The van der Waals surface area contributed by atoms with Crippen molar-refractivity contribution in [3.8, 4) is 5.75 Å². The van der Waals surface area contributed by atoms with Gasteiger partial charge in [-0.15, -0.1) is 0 Å². The molecule has 5 heteroatoms. The zero-order valence-electron chi connectivity index (χ0n) is 9.46. The highest BCUT2D eigenvalue weighted by Gasteiger charge is 2.10. The molecular formula is C12H11BrFNO2. The Hall–Kier alpha value is -1.36. The number of rotatable bonds is 3. The van der Waals surface area contributed by atoms with Gasteiger partial charge in [-0.1, -0.05) is 5.16 Å². The Kier molecular flexibility index (Phi) is 3.47. The average Bonchev–Trinajstić information content (AvgIpc) is 2.61. The fourth-order valence-electron chi connectivity index (χ4n) is 1.45. The van der Waals surface area contributed by atoms with Crippen molar-refractivity contribution < 1.29 is 13.7 Å². The number of halogens is 2. The molecule has 0 amide bonds. The van der Waals surface area contributed by atoms with E-state index in [1.54, 1.807) is 6.07 Å². The highest BCUT2D eigenvalue weighted by molar-refractivity contribution is 9.10. The summed E-state index contributed by atoms with van der Waals surface area (Å²) in [7, 11) is 0. The van der Waals surface area contributed by atoms with Crippen LogP contribution in [-0.2, 0) is 6.61 Å². The van der Waals surface area contributed by atoms with Gasteiger partial charge in [0.15, 0.2) is 0 Å². The Morgan fingerprint density at radius 2 is 2.18 bits per heavy atom. The minimum atomic E-state index is -0.332. The average molecular weight is 300 g/mol. The van der Waals surface area contributed by atoms with E-state index in [4.69, 9.17) is 9.26 Å². The Morgan fingerprint density at radius 3 is 2.82 bits per heavy atom. The summed E-state index contributed by atoms with van der Waals surface area (Å²) in [6, 6.07) is 4.31. The van der Waals surface area contributed by atoms with Crippen molar-refractivity contribution in [3.63, 3.8) is 0 Å². The van der Waals surface area contributed by atoms with Crippen molar-refractivity contribution >= 4 is 15.9 Å². The van der Waals surface area contributed by atoms with Gasteiger partial charge in [-0.25, -0.2) is 4.39 Å². The van der Waals surface area contributed by atoms with E-state index in [1.807, 2.05) is 13.8 Å². The standard InChI is InChI=1S/C12H11BrFNO2/c1-7-10(8(2)17-15-7)6-16-12-5-9(14)3-4-11(12)13/h3-5H,6H2,1-2H3. The lowest BCUT2D eigenvalue weighted by molar-refractivity contribution is 0.298. The second kappa shape index (κ2) is 4.87. The number of nitrogens with zero attached hydrogens (tertiary/aromatic N) is 1. The fourth-order valence-corrected chi connectivity index (χ4v) is 1.81. The maximum Gasteiger partial charge on any atom is 0.140 e. The summed E-state index contributed by atoms with van der Waals surface area (Å²) in [4.78, 5) is 0. The molecule has 0 unspecified atom stereocenters. The largest absolute Gasteiger partial charge is 0.487 e. The molecule has 0 fully saturated rings. The molecule has 0 N–H and O–H groups in total. The molecule has 3 nitrogen and oxygen atoms in total. The minimum absolute atomic E-state index is 0.309. The topological polar surface area (TPSA) is 35.3 Å². The molecule has 2 aromatic rings. The normalized spacial score (nSPS) is 10.6. The first-order valence-corrected chi connectivity index (χ1v) is 5.87. The third-order valence-electron chi connectivity index (χ3n) is 2.45. The van der Waals surface area contributed by atoms with Crippen molar-refractivity contribution in [2.24, 2.45) is 0 Å². The summed E-state index contributed by atoms with van der Waals surface area (Å²) in [5.74, 6) is 0.849. The summed E-state index contributed by atoms with van der Waals surface area (Å²) in [5, 5.41) is 3.83. The maximum absolute atomic E-state index is 13.0. The molecule has 0 bridgehead atoms. The minimum Gasteiger partial charge on any atom is -0.487 e.